The van der Waals surface area contributed by atoms with Crippen molar-refractivity contribution in [2.45, 2.75) is 51.2 Å². The molecule has 0 bridgehead atoms. The van der Waals surface area contributed by atoms with Crippen LogP contribution in [0.25, 0.3) is 10.9 Å². The first-order chi connectivity index (χ1) is 15.7. The molecule has 0 radical (unpaired) electrons. The number of carbonyl (C=O) groups is 4. The number of rotatable bonds is 9. The van der Waals surface area contributed by atoms with Crippen LogP contribution in [0.1, 0.15) is 32.3 Å². The number of fused-ring (bicyclic) bond motifs is 1. The molecule has 10 heteroatoms. The largest absolute Gasteiger partial charge is 0.480 e. The number of carboxylic acid groups (broad SMARTS) is 1. The third-order valence-electron chi connectivity index (χ3n) is 6.01. The van der Waals surface area contributed by atoms with Gasteiger partial charge in [-0.1, -0.05) is 32.0 Å². The predicted octanol–water partition coefficient (Wildman–Crippen LogP) is 0.370. The number of aliphatic carboxylic acids is 1. The number of carbonyl (C=O) groups excluding carboxylic acids is 3. The zero-order chi connectivity index (χ0) is 24.1. The number of hydrogen-bond acceptors (Lipinski definition) is 5. The number of para-hydroxylation sites is 1. The molecule has 2 heterocycles. The molecule has 3 amide bonds. The zero-order valence-electron chi connectivity index (χ0n) is 18.8. The number of hydrogen-bond donors (Lipinski definition) is 5. The van der Waals surface area contributed by atoms with Gasteiger partial charge >= 0.3 is 5.97 Å². The summed E-state index contributed by atoms with van der Waals surface area (Å²) in [4.78, 5) is 54.3. The minimum atomic E-state index is -1.17. The predicted molar refractivity (Wildman–Crippen MR) is 122 cm³/mol. The van der Waals surface area contributed by atoms with E-state index >= 15 is 0 Å². The fraction of sp³-hybridized carbons (Fsp3) is 0.478. The van der Waals surface area contributed by atoms with Crippen LogP contribution in [-0.2, 0) is 25.6 Å². The van der Waals surface area contributed by atoms with Gasteiger partial charge in [0.05, 0.1) is 6.54 Å². The molecular formula is C23H31N5O5. The van der Waals surface area contributed by atoms with Crippen molar-refractivity contribution in [3.05, 3.63) is 36.0 Å². The third-order valence-corrected chi connectivity index (χ3v) is 6.01. The molecule has 3 unspecified atom stereocenters. The van der Waals surface area contributed by atoms with Crippen molar-refractivity contribution < 1.29 is 24.3 Å². The van der Waals surface area contributed by atoms with E-state index in [4.69, 9.17) is 5.73 Å². The summed E-state index contributed by atoms with van der Waals surface area (Å²) in [5.74, 6) is -2.80. The van der Waals surface area contributed by atoms with Crippen LogP contribution >= 0.6 is 0 Å². The molecule has 1 aliphatic heterocycles. The summed E-state index contributed by atoms with van der Waals surface area (Å²) < 4.78 is 0. The minimum Gasteiger partial charge on any atom is -0.480 e. The Labute approximate surface area is 191 Å². The van der Waals surface area contributed by atoms with Crippen molar-refractivity contribution in [1.82, 2.24) is 20.5 Å². The van der Waals surface area contributed by atoms with Gasteiger partial charge in [-0.25, -0.2) is 4.79 Å². The van der Waals surface area contributed by atoms with Gasteiger partial charge in [-0.15, -0.1) is 0 Å². The van der Waals surface area contributed by atoms with Gasteiger partial charge in [0.25, 0.3) is 0 Å². The molecule has 0 saturated carbocycles. The van der Waals surface area contributed by atoms with E-state index in [1.54, 1.807) is 20.0 Å². The summed E-state index contributed by atoms with van der Waals surface area (Å²) in [5, 5.41) is 15.9. The number of amides is 3. The van der Waals surface area contributed by atoms with E-state index in [1.165, 1.54) is 4.90 Å². The second kappa shape index (κ2) is 10.5. The number of nitrogens with zero attached hydrogens (tertiary/aromatic N) is 1. The molecule has 1 saturated heterocycles. The lowest BCUT2D eigenvalue weighted by molar-refractivity contribution is -0.143. The van der Waals surface area contributed by atoms with Gasteiger partial charge in [-0.05, 0) is 30.4 Å². The van der Waals surface area contributed by atoms with Gasteiger partial charge in [-0.2, -0.15) is 0 Å². The molecule has 6 N–H and O–H groups in total. The molecule has 1 aliphatic rings. The van der Waals surface area contributed by atoms with Crippen LogP contribution in [0, 0.1) is 5.92 Å². The van der Waals surface area contributed by atoms with Crippen LogP contribution in [0.2, 0.25) is 0 Å². The van der Waals surface area contributed by atoms with Crippen molar-refractivity contribution >= 4 is 34.6 Å². The van der Waals surface area contributed by atoms with Crippen molar-refractivity contribution in [3.63, 3.8) is 0 Å². The van der Waals surface area contributed by atoms with Crippen molar-refractivity contribution in [3.8, 4) is 0 Å². The first-order valence-corrected chi connectivity index (χ1v) is 11.1. The number of benzene rings is 1. The van der Waals surface area contributed by atoms with Gasteiger partial charge in [0.2, 0.25) is 17.7 Å². The fourth-order valence-corrected chi connectivity index (χ4v) is 4.22. The van der Waals surface area contributed by atoms with Crippen LogP contribution in [0.3, 0.4) is 0 Å². The summed E-state index contributed by atoms with van der Waals surface area (Å²) in [5.41, 5.74) is 7.09. The van der Waals surface area contributed by atoms with Gasteiger partial charge in [-0.3, -0.25) is 14.4 Å². The van der Waals surface area contributed by atoms with Crippen molar-refractivity contribution in [1.29, 1.82) is 0 Å². The molecule has 0 spiro atoms. The smallest absolute Gasteiger partial charge is 0.326 e. The van der Waals surface area contributed by atoms with Crippen molar-refractivity contribution in [2.75, 3.05) is 13.1 Å². The number of aromatic amines is 1. The second-order valence-electron chi connectivity index (χ2n) is 8.64. The van der Waals surface area contributed by atoms with E-state index in [2.05, 4.69) is 15.6 Å². The maximum Gasteiger partial charge on any atom is 0.326 e. The molecule has 10 nitrogen and oxygen atoms in total. The maximum atomic E-state index is 13.0. The van der Waals surface area contributed by atoms with E-state index in [0.29, 0.717) is 19.4 Å². The average molecular weight is 458 g/mol. The fourth-order valence-electron chi connectivity index (χ4n) is 4.22. The van der Waals surface area contributed by atoms with Crippen LogP contribution in [-0.4, -0.2) is 69.9 Å². The summed E-state index contributed by atoms with van der Waals surface area (Å²) in [6.07, 6.45) is 2.99. The lowest BCUT2D eigenvalue weighted by Gasteiger charge is -2.28. The van der Waals surface area contributed by atoms with E-state index < -0.39 is 35.9 Å². The number of nitrogens with two attached hydrogens (primary N) is 1. The zero-order valence-corrected chi connectivity index (χ0v) is 18.8. The maximum absolute atomic E-state index is 13.0. The Bertz CT molecular complexity index is 1030. The molecule has 33 heavy (non-hydrogen) atoms. The van der Waals surface area contributed by atoms with Gasteiger partial charge in [0.15, 0.2) is 0 Å². The summed E-state index contributed by atoms with van der Waals surface area (Å²) in [6, 6.07) is 4.71. The Balaban J connectivity index is 1.70. The van der Waals surface area contributed by atoms with Gasteiger partial charge < -0.3 is 31.4 Å². The molecular weight excluding hydrogens is 426 g/mol. The number of H-pyrrole nitrogens is 1. The van der Waals surface area contributed by atoms with Gasteiger partial charge in [0, 0.05) is 30.1 Å². The Morgan fingerprint density at radius 3 is 2.61 bits per heavy atom. The highest BCUT2D eigenvalue weighted by Crippen LogP contribution is 2.20. The SMILES string of the molecule is CC(C)C(NC(=O)C1CCCN1C(=O)CN)C(=O)NC(Cc1c[nH]c2ccccc12)C(=O)O. The van der Waals surface area contributed by atoms with E-state index in [1.807, 2.05) is 24.3 Å². The highest BCUT2D eigenvalue weighted by molar-refractivity contribution is 5.94. The number of likely N-dealkylation sites (tertiary alicyclic amines) is 1. The Morgan fingerprint density at radius 2 is 1.94 bits per heavy atom. The quantitative estimate of drug-likeness (QED) is 0.366. The highest BCUT2D eigenvalue weighted by Gasteiger charge is 2.36. The first-order valence-electron chi connectivity index (χ1n) is 11.1. The molecule has 3 rings (SSSR count). The number of nitrogens with one attached hydrogen (secondary N) is 3. The lowest BCUT2D eigenvalue weighted by atomic mass is 10.0. The summed E-state index contributed by atoms with van der Waals surface area (Å²) in [7, 11) is 0. The molecule has 2 aromatic rings. The monoisotopic (exact) mass is 457 g/mol. The number of carboxylic acids is 1. The molecule has 178 valence electrons. The molecule has 1 aromatic heterocycles. The third kappa shape index (κ3) is 5.51. The Morgan fingerprint density at radius 1 is 1.21 bits per heavy atom. The molecule has 0 aliphatic carbocycles. The summed E-state index contributed by atoms with van der Waals surface area (Å²) >= 11 is 0. The van der Waals surface area contributed by atoms with E-state index in [9.17, 15) is 24.3 Å². The van der Waals surface area contributed by atoms with Crippen LogP contribution in [0.15, 0.2) is 30.5 Å². The molecule has 1 fully saturated rings. The van der Waals surface area contributed by atoms with Crippen LogP contribution < -0.4 is 16.4 Å². The highest BCUT2D eigenvalue weighted by atomic mass is 16.4. The average Bonchev–Trinajstić information content (AvgIpc) is 3.43. The second-order valence-corrected chi connectivity index (χ2v) is 8.64. The topological polar surface area (TPSA) is 158 Å². The molecule has 3 atom stereocenters. The van der Waals surface area contributed by atoms with E-state index in [-0.39, 0.29) is 24.8 Å². The van der Waals surface area contributed by atoms with E-state index in [0.717, 1.165) is 16.5 Å². The minimum absolute atomic E-state index is 0.0885. The Kier molecular flexibility index (Phi) is 7.70. The van der Waals surface area contributed by atoms with Crippen LogP contribution in [0.4, 0.5) is 0 Å². The van der Waals surface area contributed by atoms with Crippen molar-refractivity contribution in [2.24, 2.45) is 11.7 Å². The van der Waals surface area contributed by atoms with Crippen LogP contribution in [0.5, 0.6) is 0 Å². The first kappa shape index (κ1) is 24.2. The molecule has 1 aromatic carbocycles. The summed E-state index contributed by atoms with van der Waals surface area (Å²) in [6.45, 7) is 3.78. The number of aromatic nitrogens is 1. The van der Waals surface area contributed by atoms with Gasteiger partial charge in [0.1, 0.15) is 18.1 Å². The lowest BCUT2D eigenvalue weighted by Crippen LogP contribution is -2.57. The standard InChI is InChI=1S/C23H31N5O5/c1-13(2)20(27-21(30)18-8-5-9-28(18)19(29)11-24)22(31)26-17(23(32)33)10-14-12-25-16-7-4-3-6-15(14)16/h3-4,6-7,12-13,17-18,20,25H,5,8-11,24H2,1-2H3,(H,26,31)(H,27,30)(H,32,33). The Hall–Kier alpha value is -3.40. The normalized spacial score (nSPS) is 17.7.